The molecule has 1 aromatic rings. The number of pyridine rings is 1. The highest BCUT2D eigenvalue weighted by Crippen LogP contribution is 2.35. The highest BCUT2D eigenvalue weighted by atomic mass is 16.5. The summed E-state index contributed by atoms with van der Waals surface area (Å²) in [6.45, 7) is 6.31. The van der Waals surface area contributed by atoms with Crippen LogP contribution in [0.4, 0.5) is 5.69 Å². The lowest BCUT2D eigenvalue weighted by molar-refractivity contribution is 0.0326. The summed E-state index contributed by atoms with van der Waals surface area (Å²) in [4.78, 5) is 22.2. The van der Waals surface area contributed by atoms with Crippen LogP contribution in [0.3, 0.4) is 0 Å². The van der Waals surface area contributed by atoms with Crippen LogP contribution in [-0.2, 0) is 4.74 Å². The molecule has 1 amide bonds. The zero-order valence-corrected chi connectivity index (χ0v) is 17.0. The average molecular weight is 387 g/mol. The molecule has 0 radical (unpaired) electrons. The van der Waals surface area contributed by atoms with Gasteiger partial charge >= 0.3 is 0 Å². The lowest BCUT2D eigenvalue weighted by atomic mass is 9.79. The molecule has 6 heteroatoms. The van der Waals surface area contributed by atoms with Crippen LogP contribution in [-0.4, -0.2) is 67.3 Å². The molecule has 0 spiro atoms. The van der Waals surface area contributed by atoms with Gasteiger partial charge < -0.3 is 15.0 Å². The van der Waals surface area contributed by atoms with Crippen molar-refractivity contribution >= 4 is 11.6 Å². The molecule has 3 fully saturated rings. The fourth-order valence-corrected chi connectivity index (χ4v) is 5.08. The molecule has 1 N–H and O–H groups in total. The van der Waals surface area contributed by atoms with E-state index in [1.807, 2.05) is 12.1 Å². The Morgan fingerprint density at radius 3 is 2.50 bits per heavy atom. The number of piperidine rings is 1. The molecule has 1 aliphatic carbocycles. The van der Waals surface area contributed by atoms with Crippen molar-refractivity contribution in [2.24, 2.45) is 0 Å². The van der Waals surface area contributed by atoms with Crippen LogP contribution in [0.15, 0.2) is 18.3 Å². The summed E-state index contributed by atoms with van der Waals surface area (Å²) in [5.74, 6) is -0.0444. The van der Waals surface area contributed by atoms with E-state index < -0.39 is 0 Å². The van der Waals surface area contributed by atoms with Gasteiger partial charge in [0.05, 0.1) is 13.2 Å². The Morgan fingerprint density at radius 1 is 1.04 bits per heavy atom. The Bertz CT molecular complexity index is 648. The van der Waals surface area contributed by atoms with Crippen molar-refractivity contribution in [2.45, 2.75) is 56.9 Å². The minimum atomic E-state index is -0.0444. The third kappa shape index (κ3) is 4.49. The van der Waals surface area contributed by atoms with Crippen LogP contribution < -0.4 is 10.2 Å². The van der Waals surface area contributed by atoms with E-state index in [1.165, 1.54) is 64.5 Å². The maximum absolute atomic E-state index is 12.9. The first-order chi connectivity index (χ1) is 13.8. The molecule has 0 bridgehead atoms. The molecule has 28 heavy (non-hydrogen) atoms. The Kier molecular flexibility index (Phi) is 6.47. The molecule has 154 valence electrons. The molecule has 6 nitrogen and oxygen atoms in total. The largest absolute Gasteiger partial charge is 0.378 e. The van der Waals surface area contributed by atoms with E-state index in [1.54, 1.807) is 6.20 Å². The van der Waals surface area contributed by atoms with Gasteiger partial charge in [-0.25, -0.2) is 0 Å². The van der Waals surface area contributed by atoms with Crippen LogP contribution in [0, 0.1) is 0 Å². The number of hydrogen-bond acceptors (Lipinski definition) is 5. The van der Waals surface area contributed by atoms with E-state index >= 15 is 0 Å². The van der Waals surface area contributed by atoms with Crippen molar-refractivity contribution in [3.63, 3.8) is 0 Å². The molecular weight excluding hydrogens is 352 g/mol. The summed E-state index contributed by atoms with van der Waals surface area (Å²) in [5, 5.41) is 3.25. The van der Waals surface area contributed by atoms with Gasteiger partial charge in [0.15, 0.2) is 0 Å². The maximum Gasteiger partial charge on any atom is 0.270 e. The van der Waals surface area contributed by atoms with Crippen LogP contribution in [0.1, 0.15) is 61.9 Å². The molecule has 1 saturated carbocycles. The molecule has 3 aliphatic rings. The summed E-state index contributed by atoms with van der Waals surface area (Å²) in [6, 6.07) is 3.91. The van der Waals surface area contributed by atoms with Gasteiger partial charge in [0.1, 0.15) is 5.69 Å². The highest BCUT2D eigenvalue weighted by molar-refractivity contribution is 5.93. The monoisotopic (exact) mass is 386 g/mol. The molecule has 0 aromatic carbocycles. The number of ether oxygens (including phenoxy) is 1. The molecule has 4 rings (SSSR count). The molecular formula is C22H34N4O2. The lowest BCUT2D eigenvalue weighted by Gasteiger charge is -2.48. The van der Waals surface area contributed by atoms with Gasteiger partial charge in [0.25, 0.3) is 5.91 Å². The van der Waals surface area contributed by atoms with Crippen LogP contribution in [0.2, 0.25) is 0 Å². The standard InChI is InChI=1S/C22H34N4O2/c27-21(20-17-19(7-10-23-20)25-13-15-28-16-14-25)24-18-22(8-3-1-4-9-22)26-11-5-2-6-12-26/h7,10,17H,1-6,8-9,11-16,18H2,(H,24,27). The van der Waals surface area contributed by atoms with E-state index in [2.05, 4.69) is 20.1 Å². The summed E-state index contributed by atoms with van der Waals surface area (Å²) >= 11 is 0. The normalized spacial score (nSPS) is 23.4. The van der Waals surface area contributed by atoms with E-state index in [4.69, 9.17) is 4.74 Å². The minimum Gasteiger partial charge on any atom is -0.378 e. The number of morpholine rings is 1. The first-order valence-electron chi connectivity index (χ1n) is 11.1. The van der Waals surface area contributed by atoms with E-state index in [9.17, 15) is 4.79 Å². The number of nitrogens with one attached hydrogen (secondary N) is 1. The number of anilines is 1. The zero-order valence-electron chi connectivity index (χ0n) is 17.0. The second kappa shape index (κ2) is 9.23. The van der Waals surface area contributed by atoms with Crippen molar-refractivity contribution in [1.29, 1.82) is 0 Å². The van der Waals surface area contributed by atoms with Gasteiger partial charge in [-0.2, -0.15) is 0 Å². The highest BCUT2D eigenvalue weighted by Gasteiger charge is 2.38. The molecule has 3 heterocycles. The van der Waals surface area contributed by atoms with Crippen molar-refractivity contribution < 1.29 is 9.53 Å². The number of rotatable bonds is 5. The SMILES string of the molecule is O=C(NCC1(N2CCCCC2)CCCCC1)c1cc(N2CCOCC2)ccn1. The molecule has 2 saturated heterocycles. The Balaban J connectivity index is 1.42. The van der Waals surface area contributed by atoms with Gasteiger partial charge in [-0.15, -0.1) is 0 Å². The fourth-order valence-electron chi connectivity index (χ4n) is 5.08. The number of amides is 1. The van der Waals surface area contributed by atoms with Crippen molar-refractivity contribution in [3.8, 4) is 0 Å². The number of carbonyl (C=O) groups excluding carboxylic acids is 1. The number of likely N-dealkylation sites (tertiary alicyclic amines) is 1. The van der Waals surface area contributed by atoms with Crippen LogP contribution in [0.5, 0.6) is 0 Å². The summed E-state index contributed by atoms with van der Waals surface area (Å²) in [5.41, 5.74) is 1.73. The van der Waals surface area contributed by atoms with E-state index in [0.717, 1.165) is 38.5 Å². The maximum atomic E-state index is 12.9. The Hall–Kier alpha value is -1.66. The topological polar surface area (TPSA) is 57.7 Å². The third-order valence-corrected chi connectivity index (χ3v) is 6.74. The number of carbonyl (C=O) groups is 1. The summed E-state index contributed by atoms with van der Waals surface area (Å²) in [7, 11) is 0. The summed E-state index contributed by atoms with van der Waals surface area (Å²) < 4.78 is 5.43. The van der Waals surface area contributed by atoms with Gasteiger partial charge in [-0.1, -0.05) is 25.7 Å². The predicted molar refractivity (Wildman–Crippen MR) is 111 cm³/mol. The molecule has 1 aromatic heterocycles. The fraction of sp³-hybridized carbons (Fsp3) is 0.727. The average Bonchev–Trinajstić information content (AvgIpc) is 2.79. The molecule has 0 atom stereocenters. The zero-order chi connectivity index (χ0) is 19.2. The van der Waals surface area contributed by atoms with Gasteiger partial charge in [-0.3, -0.25) is 14.7 Å². The third-order valence-electron chi connectivity index (χ3n) is 6.74. The first kappa shape index (κ1) is 19.6. The quantitative estimate of drug-likeness (QED) is 0.843. The second-order valence-corrected chi connectivity index (χ2v) is 8.51. The van der Waals surface area contributed by atoms with Crippen LogP contribution >= 0.6 is 0 Å². The Labute approximate surface area is 168 Å². The van der Waals surface area contributed by atoms with Gasteiger partial charge in [0, 0.05) is 37.1 Å². The number of hydrogen-bond donors (Lipinski definition) is 1. The molecule has 2 aliphatic heterocycles. The van der Waals surface area contributed by atoms with Crippen molar-refractivity contribution in [2.75, 3.05) is 50.8 Å². The van der Waals surface area contributed by atoms with Crippen molar-refractivity contribution in [3.05, 3.63) is 24.0 Å². The predicted octanol–water partition coefficient (Wildman–Crippen LogP) is 2.84. The van der Waals surface area contributed by atoms with E-state index in [-0.39, 0.29) is 11.4 Å². The van der Waals surface area contributed by atoms with Crippen LogP contribution in [0.25, 0.3) is 0 Å². The van der Waals surface area contributed by atoms with Gasteiger partial charge in [-0.05, 0) is 50.9 Å². The number of aromatic nitrogens is 1. The Morgan fingerprint density at radius 2 is 1.75 bits per heavy atom. The summed E-state index contributed by atoms with van der Waals surface area (Å²) in [6.07, 6.45) is 12.0. The van der Waals surface area contributed by atoms with Crippen molar-refractivity contribution in [1.82, 2.24) is 15.2 Å². The lowest BCUT2D eigenvalue weighted by Crippen LogP contribution is -2.58. The smallest absolute Gasteiger partial charge is 0.270 e. The molecule has 0 unspecified atom stereocenters. The number of nitrogens with zero attached hydrogens (tertiary/aromatic N) is 3. The minimum absolute atomic E-state index is 0.0444. The second-order valence-electron chi connectivity index (χ2n) is 8.51. The van der Waals surface area contributed by atoms with Gasteiger partial charge in [0.2, 0.25) is 0 Å². The van der Waals surface area contributed by atoms with E-state index in [0.29, 0.717) is 5.69 Å². The first-order valence-corrected chi connectivity index (χ1v) is 11.1.